The molecular weight excluding hydrogens is 328 g/mol. The van der Waals surface area contributed by atoms with Crippen LogP contribution in [0.1, 0.15) is 23.0 Å². The van der Waals surface area contributed by atoms with E-state index in [9.17, 15) is 4.79 Å². The molecule has 0 spiro atoms. The lowest BCUT2D eigenvalue weighted by Crippen LogP contribution is -2.30. The average Bonchev–Trinajstić information content (AvgIpc) is 2.71. The Kier molecular flexibility index (Phi) is 5.37. The van der Waals surface area contributed by atoms with Crippen molar-refractivity contribution in [1.82, 2.24) is 9.88 Å². The second kappa shape index (κ2) is 7.87. The molecule has 0 N–H and O–H groups in total. The van der Waals surface area contributed by atoms with E-state index in [0.717, 1.165) is 28.0 Å². The maximum Gasteiger partial charge on any atom is 0.272 e. The van der Waals surface area contributed by atoms with Gasteiger partial charge >= 0.3 is 0 Å². The van der Waals surface area contributed by atoms with Crippen LogP contribution in [0.5, 0.6) is 11.5 Å². The van der Waals surface area contributed by atoms with Crippen molar-refractivity contribution in [3.63, 3.8) is 0 Å². The summed E-state index contributed by atoms with van der Waals surface area (Å²) in [7, 11) is 3.27. The summed E-state index contributed by atoms with van der Waals surface area (Å²) in [5.41, 5.74) is 2.27. The molecule has 3 aromatic rings. The quantitative estimate of drug-likeness (QED) is 0.676. The van der Waals surface area contributed by atoms with Crippen LogP contribution < -0.4 is 9.47 Å². The van der Waals surface area contributed by atoms with Crippen molar-refractivity contribution in [3.05, 3.63) is 65.9 Å². The zero-order valence-corrected chi connectivity index (χ0v) is 15.2. The van der Waals surface area contributed by atoms with Crippen molar-refractivity contribution in [3.8, 4) is 11.5 Å². The molecule has 1 heterocycles. The first-order chi connectivity index (χ1) is 12.6. The predicted octanol–water partition coefficient (Wildman–Crippen LogP) is 3.91. The molecule has 0 atom stereocenters. The second-order valence-corrected chi connectivity index (χ2v) is 5.92. The number of benzene rings is 2. The van der Waals surface area contributed by atoms with Crippen LogP contribution in [0, 0.1) is 0 Å². The van der Waals surface area contributed by atoms with E-state index in [-0.39, 0.29) is 5.91 Å². The Hall–Kier alpha value is -3.08. The number of pyridine rings is 1. The number of carbonyl (C=O) groups is 1. The van der Waals surface area contributed by atoms with Gasteiger partial charge in [0.2, 0.25) is 0 Å². The van der Waals surface area contributed by atoms with Gasteiger partial charge in [0.05, 0.1) is 19.7 Å². The molecule has 0 aliphatic heterocycles. The number of ether oxygens (including phenoxy) is 2. The van der Waals surface area contributed by atoms with Crippen LogP contribution >= 0.6 is 0 Å². The monoisotopic (exact) mass is 350 g/mol. The molecule has 5 heteroatoms. The SMILES string of the molecule is CCN(Cc1ccc(OC)cc1)C(=O)c1ccc2cc(OC)ccc2n1. The van der Waals surface area contributed by atoms with Gasteiger partial charge in [-0.1, -0.05) is 18.2 Å². The Bertz CT molecular complexity index is 907. The van der Waals surface area contributed by atoms with Crippen LogP contribution in [0.15, 0.2) is 54.6 Å². The normalized spacial score (nSPS) is 10.6. The van der Waals surface area contributed by atoms with Crippen molar-refractivity contribution in [2.24, 2.45) is 0 Å². The third-order valence-electron chi connectivity index (χ3n) is 4.32. The summed E-state index contributed by atoms with van der Waals surface area (Å²) < 4.78 is 10.4. The molecule has 1 aromatic heterocycles. The van der Waals surface area contributed by atoms with Crippen LogP contribution in [-0.4, -0.2) is 36.6 Å². The Morgan fingerprint density at radius 2 is 1.65 bits per heavy atom. The molecule has 134 valence electrons. The predicted molar refractivity (Wildman–Crippen MR) is 102 cm³/mol. The van der Waals surface area contributed by atoms with Crippen molar-refractivity contribution in [2.75, 3.05) is 20.8 Å². The highest BCUT2D eigenvalue weighted by Gasteiger charge is 2.16. The standard InChI is InChI=1S/C21H22N2O3/c1-4-23(14-15-5-8-17(25-2)9-6-15)21(24)20-11-7-16-13-18(26-3)10-12-19(16)22-20/h5-13H,4,14H2,1-3H3. The number of amides is 1. The van der Waals surface area contributed by atoms with Gasteiger partial charge in [0, 0.05) is 18.5 Å². The van der Waals surface area contributed by atoms with Gasteiger partial charge in [-0.3, -0.25) is 4.79 Å². The lowest BCUT2D eigenvalue weighted by atomic mass is 10.1. The van der Waals surface area contributed by atoms with Gasteiger partial charge in [-0.25, -0.2) is 4.98 Å². The fourth-order valence-corrected chi connectivity index (χ4v) is 2.79. The summed E-state index contributed by atoms with van der Waals surface area (Å²) >= 11 is 0. The minimum Gasteiger partial charge on any atom is -0.497 e. The number of rotatable bonds is 6. The Morgan fingerprint density at radius 1 is 0.962 bits per heavy atom. The fourth-order valence-electron chi connectivity index (χ4n) is 2.79. The molecule has 0 aliphatic carbocycles. The van der Waals surface area contributed by atoms with E-state index in [1.165, 1.54) is 0 Å². The van der Waals surface area contributed by atoms with Crippen molar-refractivity contribution >= 4 is 16.8 Å². The summed E-state index contributed by atoms with van der Waals surface area (Å²) in [4.78, 5) is 19.2. The van der Waals surface area contributed by atoms with Gasteiger partial charge in [0.1, 0.15) is 17.2 Å². The highest BCUT2D eigenvalue weighted by molar-refractivity contribution is 5.95. The second-order valence-electron chi connectivity index (χ2n) is 5.92. The molecular formula is C21H22N2O3. The number of carbonyl (C=O) groups excluding carboxylic acids is 1. The molecule has 5 nitrogen and oxygen atoms in total. The van der Waals surface area contributed by atoms with Gasteiger partial charge in [-0.15, -0.1) is 0 Å². The lowest BCUT2D eigenvalue weighted by molar-refractivity contribution is 0.0747. The van der Waals surface area contributed by atoms with E-state index in [2.05, 4.69) is 4.98 Å². The van der Waals surface area contributed by atoms with E-state index in [0.29, 0.717) is 18.8 Å². The van der Waals surface area contributed by atoms with Crippen molar-refractivity contribution in [2.45, 2.75) is 13.5 Å². The minimum absolute atomic E-state index is 0.0824. The fraction of sp³-hybridized carbons (Fsp3) is 0.238. The third kappa shape index (κ3) is 3.77. The molecule has 0 bridgehead atoms. The first kappa shape index (κ1) is 17.7. The smallest absolute Gasteiger partial charge is 0.272 e. The number of aromatic nitrogens is 1. The molecule has 0 radical (unpaired) electrons. The van der Waals surface area contributed by atoms with E-state index < -0.39 is 0 Å². The van der Waals surface area contributed by atoms with Crippen LogP contribution in [0.2, 0.25) is 0 Å². The van der Waals surface area contributed by atoms with Crippen molar-refractivity contribution < 1.29 is 14.3 Å². The Balaban J connectivity index is 1.81. The highest BCUT2D eigenvalue weighted by Crippen LogP contribution is 2.20. The van der Waals surface area contributed by atoms with Gasteiger partial charge in [0.25, 0.3) is 5.91 Å². The zero-order valence-electron chi connectivity index (χ0n) is 15.2. The molecule has 0 fully saturated rings. The average molecular weight is 350 g/mol. The number of nitrogens with zero attached hydrogens (tertiary/aromatic N) is 2. The largest absolute Gasteiger partial charge is 0.497 e. The van der Waals surface area contributed by atoms with Gasteiger partial charge in [0.15, 0.2) is 0 Å². The minimum atomic E-state index is -0.0824. The lowest BCUT2D eigenvalue weighted by Gasteiger charge is -2.21. The summed E-state index contributed by atoms with van der Waals surface area (Å²) in [6, 6.07) is 17.0. The number of hydrogen-bond acceptors (Lipinski definition) is 4. The van der Waals surface area contributed by atoms with E-state index in [1.54, 1.807) is 25.2 Å². The molecule has 2 aromatic carbocycles. The maximum absolute atomic E-state index is 12.9. The molecule has 26 heavy (non-hydrogen) atoms. The van der Waals surface area contributed by atoms with Gasteiger partial charge in [-0.05, 0) is 48.9 Å². The van der Waals surface area contributed by atoms with Crippen LogP contribution in [0.4, 0.5) is 0 Å². The first-order valence-corrected chi connectivity index (χ1v) is 8.51. The summed E-state index contributed by atoms with van der Waals surface area (Å²) in [5.74, 6) is 1.49. The van der Waals surface area contributed by atoms with Crippen LogP contribution in [0.3, 0.4) is 0 Å². The van der Waals surface area contributed by atoms with Gasteiger partial charge < -0.3 is 14.4 Å². The van der Waals surface area contributed by atoms with Gasteiger partial charge in [-0.2, -0.15) is 0 Å². The van der Waals surface area contributed by atoms with E-state index in [4.69, 9.17) is 9.47 Å². The molecule has 1 amide bonds. The molecule has 0 saturated carbocycles. The summed E-state index contributed by atoms with van der Waals surface area (Å²) in [6.07, 6.45) is 0. The van der Waals surface area contributed by atoms with Crippen molar-refractivity contribution in [1.29, 1.82) is 0 Å². The molecule has 0 aliphatic rings. The summed E-state index contributed by atoms with van der Waals surface area (Å²) in [6.45, 7) is 3.10. The Labute approximate surface area is 153 Å². The number of methoxy groups -OCH3 is 2. The highest BCUT2D eigenvalue weighted by atomic mass is 16.5. The first-order valence-electron chi connectivity index (χ1n) is 8.51. The number of fused-ring (bicyclic) bond motifs is 1. The molecule has 3 rings (SSSR count). The maximum atomic E-state index is 12.9. The zero-order chi connectivity index (χ0) is 18.5. The molecule has 0 unspecified atom stereocenters. The topological polar surface area (TPSA) is 51.7 Å². The van der Waals surface area contributed by atoms with Crippen LogP contribution in [0.25, 0.3) is 10.9 Å². The Morgan fingerprint density at radius 3 is 2.31 bits per heavy atom. The van der Waals surface area contributed by atoms with E-state index in [1.807, 2.05) is 55.5 Å². The van der Waals surface area contributed by atoms with E-state index >= 15 is 0 Å². The van der Waals surface area contributed by atoms with Crippen LogP contribution in [-0.2, 0) is 6.54 Å². The summed E-state index contributed by atoms with van der Waals surface area (Å²) in [5, 5.41) is 0.944. The molecule has 0 saturated heterocycles. The third-order valence-corrected chi connectivity index (χ3v) is 4.32. The number of hydrogen-bond donors (Lipinski definition) is 0.